The molecule has 0 spiro atoms. The van der Waals surface area contributed by atoms with Crippen molar-refractivity contribution in [3.8, 4) is 17.0 Å². The van der Waals surface area contributed by atoms with Gasteiger partial charge in [0.2, 0.25) is 15.7 Å². The average molecular weight is 524 g/mol. The van der Waals surface area contributed by atoms with Gasteiger partial charge in [0, 0.05) is 25.3 Å². The first-order valence-corrected chi connectivity index (χ1v) is 13.1. The number of aryl methyl sites for hydroxylation is 1. The van der Waals surface area contributed by atoms with E-state index in [2.05, 4.69) is 9.97 Å². The Morgan fingerprint density at radius 2 is 1.76 bits per heavy atom. The van der Waals surface area contributed by atoms with E-state index in [9.17, 15) is 22.7 Å². The molecule has 0 amide bonds. The molecule has 8 nitrogen and oxygen atoms in total. The Kier molecular flexibility index (Phi) is 7.80. The highest BCUT2D eigenvalue weighted by Gasteiger charge is 2.32. The van der Waals surface area contributed by atoms with E-state index >= 15 is 0 Å². The van der Waals surface area contributed by atoms with Gasteiger partial charge in [0.05, 0.1) is 23.7 Å². The molecule has 1 atom stereocenters. The minimum absolute atomic E-state index is 0.106. The molecule has 4 rings (SSSR count). The summed E-state index contributed by atoms with van der Waals surface area (Å²) in [5.41, 5.74) is 0.705. The van der Waals surface area contributed by atoms with Crippen molar-refractivity contribution in [2.75, 3.05) is 13.7 Å². The van der Waals surface area contributed by atoms with Gasteiger partial charge in [0.15, 0.2) is 4.90 Å². The summed E-state index contributed by atoms with van der Waals surface area (Å²) in [7, 11) is -2.97. The zero-order valence-corrected chi connectivity index (χ0v) is 21.2. The summed E-state index contributed by atoms with van der Waals surface area (Å²) in [6.45, 7) is 2.00. The molecule has 0 aliphatic heterocycles. The Morgan fingerprint density at radius 3 is 2.38 bits per heavy atom. The van der Waals surface area contributed by atoms with E-state index in [1.807, 2.05) is 37.3 Å². The molecule has 10 heteroatoms. The third kappa shape index (κ3) is 5.30. The Labute approximate surface area is 214 Å². The molecule has 0 aliphatic rings. The van der Waals surface area contributed by atoms with Crippen LogP contribution in [0, 0.1) is 5.82 Å². The van der Waals surface area contributed by atoms with Crippen LogP contribution in [0.15, 0.2) is 87.6 Å². The zero-order chi connectivity index (χ0) is 26.6. The Bertz CT molecular complexity index is 1560. The quantitative estimate of drug-likeness (QED) is 0.350. The molecule has 0 aliphatic carbocycles. The zero-order valence-electron chi connectivity index (χ0n) is 20.3. The van der Waals surface area contributed by atoms with Gasteiger partial charge in [0.25, 0.3) is 5.56 Å². The third-order valence-corrected chi connectivity index (χ3v) is 7.69. The maximum atomic E-state index is 13.6. The third-order valence-electron chi connectivity index (χ3n) is 5.90. The molecule has 0 radical (unpaired) electrons. The van der Waals surface area contributed by atoms with E-state index in [1.165, 1.54) is 48.2 Å². The predicted molar refractivity (Wildman–Crippen MR) is 136 cm³/mol. The maximum Gasteiger partial charge on any atom is 0.296 e. The van der Waals surface area contributed by atoms with Crippen LogP contribution in [0.1, 0.15) is 30.8 Å². The summed E-state index contributed by atoms with van der Waals surface area (Å²) in [5, 5.41) is 11.3. The first-order chi connectivity index (χ1) is 17.8. The molecule has 0 unspecified atom stereocenters. The fourth-order valence-electron chi connectivity index (χ4n) is 4.18. The minimum Gasteiger partial charge on any atom is -0.493 e. The molecular formula is C27H26FN3O5S. The number of hydrogen-bond acceptors (Lipinski definition) is 7. The standard InChI is InChI=1S/C27H26FN3O5S/c1-3-7-24-30-26(32)25(27(33)31(24)23(17-36-2)19-8-5-4-6-9-19)37(34,35)22-12-10-18(11-13-22)20-14-21(28)16-29-15-20/h4-6,8-16,23,33H,3,7,17H2,1-2H3/t23-/m0/s1. The number of aromatic nitrogens is 3. The van der Waals surface area contributed by atoms with Crippen LogP contribution in [0.2, 0.25) is 0 Å². The van der Waals surface area contributed by atoms with E-state index < -0.39 is 38.0 Å². The largest absolute Gasteiger partial charge is 0.493 e. The summed E-state index contributed by atoms with van der Waals surface area (Å²) in [6, 6.07) is 15.3. The van der Waals surface area contributed by atoms with Gasteiger partial charge in [-0.1, -0.05) is 49.4 Å². The SMILES string of the molecule is CCCc1nc(=O)c(S(=O)(=O)c2ccc(-c3cncc(F)c3)cc2)c(O)n1[C@@H](COC)c1ccccc1. The van der Waals surface area contributed by atoms with Gasteiger partial charge in [-0.15, -0.1) is 0 Å². The molecule has 192 valence electrons. The summed E-state index contributed by atoms with van der Waals surface area (Å²) in [5.74, 6) is -0.974. The number of pyridine rings is 1. The van der Waals surface area contributed by atoms with Crippen LogP contribution >= 0.6 is 0 Å². The normalized spacial score (nSPS) is 12.4. The molecule has 2 aromatic carbocycles. The van der Waals surface area contributed by atoms with E-state index in [4.69, 9.17) is 4.74 Å². The van der Waals surface area contributed by atoms with Gasteiger partial charge in [-0.25, -0.2) is 12.8 Å². The molecule has 4 aromatic rings. The Hall–Kier alpha value is -3.89. The molecule has 0 fully saturated rings. The number of ether oxygens (including phenoxy) is 1. The first kappa shape index (κ1) is 26.2. The van der Waals surface area contributed by atoms with E-state index in [-0.39, 0.29) is 17.3 Å². The van der Waals surface area contributed by atoms with E-state index in [0.717, 1.165) is 11.8 Å². The second kappa shape index (κ2) is 11.0. The molecule has 0 saturated carbocycles. The minimum atomic E-state index is -4.47. The molecule has 37 heavy (non-hydrogen) atoms. The predicted octanol–water partition coefficient (Wildman–Crippen LogP) is 4.17. The molecule has 2 heterocycles. The number of nitrogens with zero attached hydrogens (tertiary/aromatic N) is 3. The summed E-state index contributed by atoms with van der Waals surface area (Å²) < 4.78 is 47.5. The van der Waals surface area contributed by atoms with Crippen LogP contribution < -0.4 is 5.56 Å². The van der Waals surface area contributed by atoms with Crippen molar-refractivity contribution >= 4 is 9.84 Å². The van der Waals surface area contributed by atoms with E-state index in [0.29, 0.717) is 24.0 Å². The van der Waals surface area contributed by atoms with Crippen molar-refractivity contribution in [1.82, 2.24) is 14.5 Å². The van der Waals surface area contributed by atoms with Crippen molar-refractivity contribution in [1.29, 1.82) is 0 Å². The highest BCUT2D eigenvalue weighted by Crippen LogP contribution is 2.32. The van der Waals surface area contributed by atoms with Crippen LogP contribution in [0.25, 0.3) is 11.1 Å². The van der Waals surface area contributed by atoms with Crippen molar-refractivity contribution in [3.05, 3.63) is 101 Å². The number of aromatic hydroxyl groups is 1. The van der Waals surface area contributed by atoms with Crippen LogP contribution in [-0.4, -0.2) is 41.8 Å². The summed E-state index contributed by atoms with van der Waals surface area (Å²) in [4.78, 5) is 19.9. The number of sulfone groups is 1. The van der Waals surface area contributed by atoms with Crippen LogP contribution in [0.4, 0.5) is 4.39 Å². The van der Waals surface area contributed by atoms with E-state index in [1.54, 1.807) is 0 Å². The summed E-state index contributed by atoms with van der Waals surface area (Å²) >= 11 is 0. The van der Waals surface area contributed by atoms with Gasteiger partial charge in [0.1, 0.15) is 11.6 Å². The van der Waals surface area contributed by atoms with Gasteiger partial charge >= 0.3 is 0 Å². The average Bonchev–Trinajstić information content (AvgIpc) is 2.88. The molecular weight excluding hydrogens is 497 g/mol. The number of rotatable bonds is 9. The van der Waals surface area contributed by atoms with Crippen molar-refractivity contribution in [2.45, 2.75) is 35.6 Å². The lowest BCUT2D eigenvalue weighted by atomic mass is 10.1. The van der Waals surface area contributed by atoms with Crippen molar-refractivity contribution in [3.63, 3.8) is 0 Å². The number of benzene rings is 2. The monoisotopic (exact) mass is 523 g/mol. The molecule has 0 saturated heterocycles. The van der Waals surface area contributed by atoms with Gasteiger partial charge in [-0.3, -0.25) is 14.3 Å². The van der Waals surface area contributed by atoms with Crippen LogP contribution in [0.3, 0.4) is 0 Å². The van der Waals surface area contributed by atoms with Crippen LogP contribution in [-0.2, 0) is 21.0 Å². The molecule has 1 N–H and O–H groups in total. The fraction of sp³-hybridized carbons (Fsp3) is 0.222. The van der Waals surface area contributed by atoms with Gasteiger partial charge in [-0.2, -0.15) is 4.98 Å². The number of hydrogen-bond donors (Lipinski definition) is 1. The number of methoxy groups -OCH3 is 1. The number of halogens is 1. The highest BCUT2D eigenvalue weighted by molar-refractivity contribution is 7.91. The highest BCUT2D eigenvalue weighted by atomic mass is 32.2. The van der Waals surface area contributed by atoms with Crippen molar-refractivity contribution in [2.24, 2.45) is 0 Å². The lowest BCUT2D eigenvalue weighted by Gasteiger charge is -2.25. The second-order valence-electron chi connectivity index (χ2n) is 8.41. The maximum absolute atomic E-state index is 13.6. The topological polar surface area (TPSA) is 111 Å². The van der Waals surface area contributed by atoms with Crippen molar-refractivity contribution < 1.29 is 22.7 Å². The smallest absolute Gasteiger partial charge is 0.296 e. The first-order valence-electron chi connectivity index (χ1n) is 11.6. The Morgan fingerprint density at radius 1 is 1.05 bits per heavy atom. The summed E-state index contributed by atoms with van der Waals surface area (Å²) in [6.07, 6.45) is 3.47. The second-order valence-corrected chi connectivity index (χ2v) is 10.3. The lowest BCUT2D eigenvalue weighted by Crippen LogP contribution is -2.29. The van der Waals surface area contributed by atoms with Crippen LogP contribution in [0.5, 0.6) is 5.88 Å². The van der Waals surface area contributed by atoms with Gasteiger partial charge in [-0.05, 0) is 35.7 Å². The lowest BCUT2D eigenvalue weighted by molar-refractivity contribution is 0.161. The molecule has 0 bridgehead atoms. The molecule has 2 aromatic heterocycles. The fourth-order valence-corrected chi connectivity index (χ4v) is 5.52. The van der Waals surface area contributed by atoms with Gasteiger partial charge < -0.3 is 9.84 Å². The Balaban J connectivity index is 1.86.